The number of guanidine groups is 2. The molecule has 1 saturated carbocycles. The highest BCUT2D eigenvalue weighted by atomic mass is 35.5. The van der Waals surface area contributed by atoms with E-state index in [-0.39, 0.29) is 6.29 Å². The number of rotatable bonds is 3. The summed E-state index contributed by atoms with van der Waals surface area (Å²) in [7, 11) is 0. The SMILES string of the molecule is Cc1ccc(NC2N=C(N)N=C(N3CCOCC3)N2C2CCCCC2)cc1Cl. The Morgan fingerprint density at radius 1 is 1.18 bits per heavy atom. The lowest BCUT2D eigenvalue weighted by Crippen LogP contribution is -2.60. The largest absolute Gasteiger partial charge is 0.378 e. The third kappa shape index (κ3) is 4.20. The Balaban J connectivity index is 1.63. The van der Waals surface area contributed by atoms with Crippen molar-refractivity contribution in [3.8, 4) is 0 Å². The highest BCUT2D eigenvalue weighted by Crippen LogP contribution is 2.29. The van der Waals surface area contributed by atoms with Crippen molar-refractivity contribution in [2.45, 2.75) is 51.4 Å². The van der Waals surface area contributed by atoms with Crippen molar-refractivity contribution in [2.75, 3.05) is 31.6 Å². The summed E-state index contributed by atoms with van der Waals surface area (Å²) in [6, 6.07) is 6.39. The smallest absolute Gasteiger partial charge is 0.222 e. The molecule has 0 spiro atoms. The minimum Gasteiger partial charge on any atom is -0.378 e. The number of nitrogens with one attached hydrogen (secondary N) is 1. The van der Waals surface area contributed by atoms with Crippen LogP contribution in [0.2, 0.25) is 5.02 Å². The Bertz CT molecular complexity index is 755. The van der Waals surface area contributed by atoms with Gasteiger partial charge in [-0.25, -0.2) is 4.99 Å². The van der Waals surface area contributed by atoms with E-state index in [1.54, 1.807) is 0 Å². The summed E-state index contributed by atoms with van der Waals surface area (Å²) in [5.74, 6) is 1.22. The molecule has 1 atom stereocenters. The van der Waals surface area contributed by atoms with Crippen LogP contribution in [0.5, 0.6) is 0 Å². The van der Waals surface area contributed by atoms with Gasteiger partial charge >= 0.3 is 0 Å². The summed E-state index contributed by atoms with van der Waals surface area (Å²) < 4.78 is 5.54. The lowest BCUT2D eigenvalue weighted by molar-refractivity contribution is 0.0562. The van der Waals surface area contributed by atoms with Gasteiger partial charge in [-0.05, 0) is 37.5 Å². The minimum absolute atomic E-state index is 0.294. The average molecular weight is 405 g/mol. The summed E-state index contributed by atoms with van der Waals surface area (Å²) in [4.78, 5) is 13.9. The fraction of sp³-hybridized carbons (Fsp3) is 0.600. The highest BCUT2D eigenvalue weighted by Gasteiger charge is 2.36. The first-order chi connectivity index (χ1) is 13.6. The van der Waals surface area contributed by atoms with Gasteiger partial charge in [0.25, 0.3) is 0 Å². The van der Waals surface area contributed by atoms with Gasteiger partial charge in [0.2, 0.25) is 18.2 Å². The topological polar surface area (TPSA) is 78.5 Å². The number of hydrogen-bond donors (Lipinski definition) is 2. The Morgan fingerprint density at radius 2 is 1.93 bits per heavy atom. The second kappa shape index (κ2) is 8.57. The highest BCUT2D eigenvalue weighted by molar-refractivity contribution is 6.31. The van der Waals surface area contributed by atoms with Crippen molar-refractivity contribution >= 4 is 29.2 Å². The van der Waals surface area contributed by atoms with Crippen LogP contribution in [-0.4, -0.2) is 60.4 Å². The molecule has 4 rings (SSSR count). The molecule has 2 fully saturated rings. The standard InChI is InChI=1S/C20H29ClN6O/c1-14-7-8-15(13-17(14)21)23-19-24-18(22)25-20(26-9-11-28-12-10-26)27(19)16-5-3-2-4-6-16/h7-8,13,16,19,23H,2-6,9-12H2,1H3,(H2,22,24). The number of nitrogens with two attached hydrogens (primary N) is 1. The quantitative estimate of drug-likeness (QED) is 0.809. The molecule has 152 valence electrons. The molecule has 1 aliphatic carbocycles. The van der Waals surface area contributed by atoms with Crippen LogP contribution in [-0.2, 0) is 4.74 Å². The monoisotopic (exact) mass is 404 g/mol. The summed E-state index contributed by atoms with van der Waals surface area (Å²) in [6.07, 6.45) is 5.76. The van der Waals surface area contributed by atoms with Gasteiger partial charge < -0.3 is 25.6 Å². The molecule has 1 aromatic carbocycles. The summed E-state index contributed by atoms with van der Waals surface area (Å²) in [6.45, 7) is 5.05. The van der Waals surface area contributed by atoms with Gasteiger partial charge in [-0.3, -0.25) is 0 Å². The number of hydrogen-bond acceptors (Lipinski definition) is 7. The molecule has 0 bridgehead atoms. The Morgan fingerprint density at radius 3 is 2.64 bits per heavy atom. The molecule has 3 N–H and O–H groups in total. The molecule has 0 amide bonds. The molecule has 7 nitrogen and oxygen atoms in total. The average Bonchev–Trinajstić information content (AvgIpc) is 2.72. The number of benzene rings is 1. The van der Waals surface area contributed by atoms with Gasteiger partial charge in [-0.15, -0.1) is 0 Å². The van der Waals surface area contributed by atoms with Gasteiger partial charge in [0.15, 0.2) is 0 Å². The van der Waals surface area contributed by atoms with Gasteiger partial charge in [-0.1, -0.05) is 36.9 Å². The van der Waals surface area contributed by atoms with Gasteiger partial charge in [0.05, 0.1) is 13.2 Å². The zero-order valence-corrected chi connectivity index (χ0v) is 17.2. The van der Waals surface area contributed by atoms with Gasteiger partial charge in [0.1, 0.15) is 0 Å². The maximum atomic E-state index is 6.34. The van der Waals surface area contributed by atoms with E-state index >= 15 is 0 Å². The van der Waals surface area contributed by atoms with Crippen LogP contribution in [0.3, 0.4) is 0 Å². The van der Waals surface area contributed by atoms with E-state index in [0.717, 1.165) is 48.2 Å². The van der Waals surface area contributed by atoms with Crippen molar-refractivity contribution < 1.29 is 4.74 Å². The summed E-state index contributed by atoms with van der Waals surface area (Å²) in [5, 5.41) is 4.27. The van der Waals surface area contributed by atoms with E-state index in [1.807, 2.05) is 25.1 Å². The van der Waals surface area contributed by atoms with Crippen LogP contribution in [0.4, 0.5) is 5.69 Å². The van der Waals surface area contributed by atoms with Crippen molar-refractivity contribution in [1.82, 2.24) is 9.80 Å². The molecular formula is C20H29ClN6O. The lowest BCUT2D eigenvalue weighted by atomic mass is 9.94. The number of aliphatic imine (C=N–C) groups is 2. The maximum absolute atomic E-state index is 6.34. The maximum Gasteiger partial charge on any atom is 0.222 e. The van der Waals surface area contributed by atoms with Crippen molar-refractivity contribution in [3.05, 3.63) is 28.8 Å². The van der Waals surface area contributed by atoms with E-state index in [0.29, 0.717) is 25.2 Å². The summed E-state index contributed by atoms with van der Waals surface area (Å²) >= 11 is 6.34. The molecular weight excluding hydrogens is 376 g/mol. The summed E-state index contributed by atoms with van der Waals surface area (Å²) in [5.41, 5.74) is 8.12. The van der Waals surface area contributed by atoms with Crippen LogP contribution >= 0.6 is 11.6 Å². The number of aryl methyl sites for hydroxylation is 1. The molecule has 1 saturated heterocycles. The van der Waals surface area contributed by atoms with E-state index in [2.05, 4.69) is 25.1 Å². The lowest BCUT2D eigenvalue weighted by Gasteiger charge is -2.45. The van der Waals surface area contributed by atoms with E-state index in [1.165, 1.54) is 19.3 Å². The van der Waals surface area contributed by atoms with Crippen LogP contribution in [0.15, 0.2) is 28.2 Å². The Kier molecular flexibility index (Phi) is 5.92. The fourth-order valence-corrected chi connectivity index (χ4v) is 4.32. The fourth-order valence-electron chi connectivity index (χ4n) is 4.14. The van der Waals surface area contributed by atoms with Gasteiger partial charge in [-0.2, -0.15) is 4.99 Å². The molecule has 8 heteroatoms. The number of ether oxygens (including phenoxy) is 1. The van der Waals surface area contributed by atoms with Crippen molar-refractivity contribution in [3.63, 3.8) is 0 Å². The van der Waals surface area contributed by atoms with E-state index in [9.17, 15) is 0 Å². The first-order valence-corrected chi connectivity index (χ1v) is 10.6. The van der Waals surface area contributed by atoms with Crippen LogP contribution in [0.25, 0.3) is 0 Å². The van der Waals surface area contributed by atoms with Gasteiger partial charge in [0, 0.05) is 29.8 Å². The molecule has 0 radical (unpaired) electrons. The first kappa shape index (κ1) is 19.3. The predicted octanol–water partition coefficient (Wildman–Crippen LogP) is 3.00. The number of nitrogens with zero attached hydrogens (tertiary/aromatic N) is 4. The molecule has 0 aromatic heterocycles. The first-order valence-electron chi connectivity index (χ1n) is 10.2. The number of morpholine rings is 1. The minimum atomic E-state index is -0.294. The van der Waals surface area contributed by atoms with E-state index < -0.39 is 0 Å². The second-order valence-corrected chi connectivity index (χ2v) is 8.09. The molecule has 1 aromatic rings. The van der Waals surface area contributed by atoms with Crippen molar-refractivity contribution in [1.29, 1.82) is 0 Å². The van der Waals surface area contributed by atoms with E-state index in [4.69, 9.17) is 22.1 Å². The number of halogens is 1. The normalized spacial score (nSPS) is 24.0. The van der Waals surface area contributed by atoms with Crippen LogP contribution in [0.1, 0.15) is 37.7 Å². The zero-order chi connectivity index (χ0) is 19.5. The van der Waals surface area contributed by atoms with Crippen molar-refractivity contribution in [2.24, 2.45) is 15.7 Å². The number of anilines is 1. The molecule has 3 aliphatic rings. The zero-order valence-electron chi connectivity index (χ0n) is 16.4. The van der Waals surface area contributed by atoms with Crippen LogP contribution < -0.4 is 11.1 Å². The molecule has 2 aliphatic heterocycles. The predicted molar refractivity (Wildman–Crippen MR) is 114 cm³/mol. The second-order valence-electron chi connectivity index (χ2n) is 7.68. The third-order valence-corrected chi connectivity index (χ3v) is 6.10. The molecule has 2 heterocycles. The third-order valence-electron chi connectivity index (χ3n) is 5.69. The Labute approximate surface area is 171 Å². The van der Waals surface area contributed by atoms with Crippen LogP contribution in [0, 0.1) is 6.92 Å². The molecule has 1 unspecified atom stereocenters. The molecule has 28 heavy (non-hydrogen) atoms. The Hall–Kier alpha value is -1.99.